The predicted molar refractivity (Wildman–Crippen MR) is 128 cm³/mol. The molecule has 0 aromatic heterocycles. The van der Waals surface area contributed by atoms with Crippen molar-refractivity contribution >= 4 is 35.4 Å². The van der Waals surface area contributed by atoms with Crippen LogP contribution in [-0.2, 0) is 35.1 Å². The van der Waals surface area contributed by atoms with Crippen LogP contribution in [0.2, 0.25) is 0 Å². The molecular weight excluding hydrogens is 468 g/mol. The minimum Gasteiger partial charge on any atom is -0.462 e. The average Bonchev–Trinajstić information content (AvgIpc) is 3.23. The van der Waals surface area contributed by atoms with Gasteiger partial charge in [-0.15, -0.1) is 0 Å². The van der Waals surface area contributed by atoms with Gasteiger partial charge in [0.1, 0.15) is 0 Å². The van der Waals surface area contributed by atoms with Crippen LogP contribution in [0.4, 0.5) is 5.69 Å². The highest BCUT2D eigenvalue weighted by Crippen LogP contribution is 2.22. The number of likely N-dealkylation sites (tertiary alicyclic amines) is 1. The maximum atomic E-state index is 12.5. The summed E-state index contributed by atoms with van der Waals surface area (Å²) in [7, 11) is 0. The van der Waals surface area contributed by atoms with Gasteiger partial charge in [0.05, 0.1) is 30.3 Å². The molecule has 2 amide bonds. The molecule has 1 fully saturated rings. The minimum atomic E-state index is -0.676. The molecule has 0 unspecified atom stereocenters. The first-order chi connectivity index (χ1) is 17.3. The van der Waals surface area contributed by atoms with Gasteiger partial charge in [0.15, 0.2) is 6.61 Å². The summed E-state index contributed by atoms with van der Waals surface area (Å²) >= 11 is 0. The van der Waals surface area contributed by atoms with Crippen LogP contribution in [0.5, 0.6) is 0 Å². The molecule has 10 nitrogen and oxygen atoms in total. The summed E-state index contributed by atoms with van der Waals surface area (Å²) in [5, 5.41) is 2.50. The van der Waals surface area contributed by atoms with Crippen LogP contribution in [0, 0.1) is 5.92 Å². The van der Waals surface area contributed by atoms with E-state index in [0.29, 0.717) is 6.54 Å². The van der Waals surface area contributed by atoms with Gasteiger partial charge >= 0.3 is 17.9 Å². The molecule has 0 radical (unpaired) electrons. The van der Waals surface area contributed by atoms with Crippen molar-refractivity contribution < 1.29 is 38.2 Å². The van der Waals surface area contributed by atoms with Crippen LogP contribution in [-0.4, -0.2) is 61.0 Å². The Morgan fingerprint density at radius 2 is 1.53 bits per heavy atom. The number of carbonyl (C=O) groups excluding carboxylic acids is 5. The number of rotatable bonds is 10. The first-order valence-corrected chi connectivity index (χ1v) is 11.6. The van der Waals surface area contributed by atoms with Crippen LogP contribution < -0.4 is 5.32 Å². The first kappa shape index (κ1) is 26.4. The van der Waals surface area contributed by atoms with Crippen molar-refractivity contribution in [3.8, 4) is 0 Å². The SMILES string of the molecule is CCOC(=O)c1cc(NC(=O)COC(=O)[C@H]2CC(=O)N(Cc3ccccc3)C2)cc(C(=O)OCC)c1. The minimum absolute atomic E-state index is 0.0117. The maximum absolute atomic E-state index is 12.5. The fourth-order valence-corrected chi connectivity index (χ4v) is 3.70. The topological polar surface area (TPSA) is 128 Å². The molecule has 36 heavy (non-hydrogen) atoms. The highest BCUT2D eigenvalue weighted by Gasteiger charge is 2.35. The Morgan fingerprint density at radius 3 is 2.11 bits per heavy atom. The first-order valence-electron chi connectivity index (χ1n) is 11.6. The zero-order valence-electron chi connectivity index (χ0n) is 20.2. The summed E-state index contributed by atoms with van der Waals surface area (Å²) in [6, 6.07) is 13.4. The van der Waals surface area contributed by atoms with E-state index in [1.54, 1.807) is 18.7 Å². The van der Waals surface area contributed by atoms with Gasteiger partial charge in [0.2, 0.25) is 5.91 Å². The number of amides is 2. The van der Waals surface area contributed by atoms with Gasteiger partial charge < -0.3 is 24.4 Å². The summed E-state index contributed by atoms with van der Waals surface area (Å²) in [6.07, 6.45) is 0.0117. The number of hydrogen-bond acceptors (Lipinski definition) is 8. The fraction of sp³-hybridized carbons (Fsp3) is 0.346. The monoisotopic (exact) mass is 496 g/mol. The third-order valence-electron chi connectivity index (χ3n) is 5.35. The Balaban J connectivity index is 1.58. The Kier molecular flexibility index (Phi) is 9.15. The molecule has 3 rings (SSSR count). The van der Waals surface area contributed by atoms with E-state index in [9.17, 15) is 24.0 Å². The predicted octanol–water partition coefficient (Wildman–Crippen LogP) is 2.57. The lowest BCUT2D eigenvalue weighted by Crippen LogP contribution is -2.28. The van der Waals surface area contributed by atoms with E-state index < -0.39 is 36.3 Å². The molecule has 1 N–H and O–H groups in total. The fourth-order valence-electron chi connectivity index (χ4n) is 3.70. The largest absolute Gasteiger partial charge is 0.462 e. The van der Waals surface area contributed by atoms with E-state index in [-0.39, 0.29) is 48.9 Å². The van der Waals surface area contributed by atoms with Gasteiger partial charge in [-0.2, -0.15) is 0 Å². The molecule has 1 saturated heterocycles. The number of anilines is 1. The summed E-state index contributed by atoms with van der Waals surface area (Å²) in [6.45, 7) is 3.55. The standard InChI is InChI=1S/C26H28N2O8/c1-3-34-24(31)18-10-19(25(32)35-4-2)12-21(11-18)27-22(29)16-36-26(33)20-13-23(30)28(15-20)14-17-8-6-5-7-9-17/h5-12,20H,3-4,13-16H2,1-2H3,(H,27,29)/t20-/m0/s1. The van der Waals surface area contributed by atoms with Crippen LogP contribution in [0.15, 0.2) is 48.5 Å². The number of benzene rings is 2. The lowest BCUT2D eigenvalue weighted by atomic mass is 10.1. The maximum Gasteiger partial charge on any atom is 0.338 e. The third kappa shape index (κ3) is 7.14. The quantitative estimate of drug-likeness (QED) is 0.393. The molecule has 2 aromatic rings. The second-order valence-corrected chi connectivity index (χ2v) is 8.06. The summed E-state index contributed by atoms with van der Waals surface area (Å²) in [5.74, 6) is -3.50. The van der Waals surface area contributed by atoms with E-state index >= 15 is 0 Å². The van der Waals surface area contributed by atoms with Crippen molar-refractivity contribution in [3.63, 3.8) is 0 Å². The molecule has 0 saturated carbocycles. The normalized spacial score (nSPS) is 14.8. The highest BCUT2D eigenvalue weighted by molar-refractivity contribution is 6.00. The number of hydrogen-bond donors (Lipinski definition) is 1. The molecule has 2 aromatic carbocycles. The molecule has 0 aliphatic carbocycles. The smallest absolute Gasteiger partial charge is 0.338 e. The van der Waals surface area contributed by atoms with Gasteiger partial charge in [-0.1, -0.05) is 30.3 Å². The van der Waals surface area contributed by atoms with Crippen molar-refractivity contribution in [2.24, 2.45) is 5.92 Å². The zero-order valence-corrected chi connectivity index (χ0v) is 20.2. The Hall–Kier alpha value is -4.21. The highest BCUT2D eigenvalue weighted by atomic mass is 16.5. The van der Waals surface area contributed by atoms with E-state index in [2.05, 4.69) is 5.32 Å². The number of ether oxygens (including phenoxy) is 3. The second-order valence-electron chi connectivity index (χ2n) is 8.06. The van der Waals surface area contributed by atoms with Crippen molar-refractivity contribution in [2.45, 2.75) is 26.8 Å². The van der Waals surface area contributed by atoms with E-state index in [1.807, 2.05) is 30.3 Å². The van der Waals surface area contributed by atoms with Gasteiger partial charge in [-0.3, -0.25) is 14.4 Å². The molecule has 1 heterocycles. The molecular formula is C26H28N2O8. The van der Waals surface area contributed by atoms with Crippen LogP contribution in [0.1, 0.15) is 46.5 Å². The van der Waals surface area contributed by atoms with Gasteiger partial charge in [-0.25, -0.2) is 9.59 Å². The van der Waals surface area contributed by atoms with Crippen LogP contribution in [0.25, 0.3) is 0 Å². The number of nitrogens with one attached hydrogen (secondary N) is 1. The van der Waals surface area contributed by atoms with Gasteiger partial charge in [0.25, 0.3) is 5.91 Å². The molecule has 1 aliphatic rings. The lowest BCUT2D eigenvalue weighted by molar-refractivity contribution is -0.151. The van der Waals surface area contributed by atoms with Gasteiger partial charge in [-0.05, 0) is 37.6 Å². The van der Waals surface area contributed by atoms with Crippen LogP contribution >= 0.6 is 0 Å². The van der Waals surface area contributed by atoms with E-state index in [4.69, 9.17) is 14.2 Å². The Labute approximate surface area is 208 Å². The Morgan fingerprint density at radius 1 is 0.917 bits per heavy atom. The summed E-state index contributed by atoms with van der Waals surface area (Å²) < 4.78 is 15.1. The molecule has 1 atom stereocenters. The van der Waals surface area contributed by atoms with Crippen molar-refractivity contribution in [1.82, 2.24) is 4.90 Å². The van der Waals surface area contributed by atoms with Crippen molar-refractivity contribution in [2.75, 3.05) is 31.7 Å². The second kappa shape index (κ2) is 12.5. The molecule has 0 bridgehead atoms. The molecule has 0 spiro atoms. The number of esters is 3. The van der Waals surface area contributed by atoms with E-state index in [0.717, 1.165) is 5.56 Å². The summed E-state index contributed by atoms with van der Waals surface area (Å²) in [4.78, 5) is 63.1. The molecule has 190 valence electrons. The van der Waals surface area contributed by atoms with Crippen LogP contribution in [0.3, 0.4) is 0 Å². The summed E-state index contributed by atoms with van der Waals surface area (Å²) in [5.41, 5.74) is 1.19. The van der Waals surface area contributed by atoms with Crippen molar-refractivity contribution in [3.05, 3.63) is 65.2 Å². The average molecular weight is 497 g/mol. The number of nitrogens with zero attached hydrogens (tertiary/aromatic N) is 1. The Bertz CT molecular complexity index is 1100. The van der Waals surface area contributed by atoms with Gasteiger partial charge in [0, 0.05) is 25.2 Å². The van der Waals surface area contributed by atoms with Crippen molar-refractivity contribution in [1.29, 1.82) is 0 Å². The molecule has 10 heteroatoms. The number of carbonyl (C=O) groups is 5. The van der Waals surface area contributed by atoms with E-state index in [1.165, 1.54) is 18.2 Å². The zero-order chi connectivity index (χ0) is 26.1. The third-order valence-corrected chi connectivity index (χ3v) is 5.35. The molecule has 1 aliphatic heterocycles. The lowest BCUT2D eigenvalue weighted by Gasteiger charge is -2.16.